The Morgan fingerprint density at radius 2 is 1.71 bits per heavy atom. The molecule has 0 amide bonds. The minimum absolute atomic E-state index is 0. The Balaban J connectivity index is 0.000000980. The Kier molecular flexibility index (Phi) is 3.97. The number of benzene rings is 2. The van der Waals surface area contributed by atoms with Crippen molar-refractivity contribution in [3.8, 4) is 11.1 Å². The molecule has 0 aliphatic heterocycles. The SMILES string of the molecule is Fc1c[c-]ccc1-c1ccccc1.[Zn]. The molecule has 66 valence electrons. The second kappa shape index (κ2) is 5.02. The van der Waals surface area contributed by atoms with E-state index in [-0.39, 0.29) is 25.3 Å². The Morgan fingerprint density at radius 1 is 1.00 bits per heavy atom. The Morgan fingerprint density at radius 3 is 2.36 bits per heavy atom. The van der Waals surface area contributed by atoms with Crippen LogP contribution < -0.4 is 0 Å². The van der Waals surface area contributed by atoms with Gasteiger partial charge in [0.25, 0.3) is 0 Å². The van der Waals surface area contributed by atoms with E-state index in [4.69, 9.17) is 0 Å². The Labute approximate surface area is 95.5 Å². The molecule has 2 aromatic rings. The molecule has 0 unspecified atom stereocenters. The fourth-order valence-corrected chi connectivity index (χ4v) is 1.26. The number of hydrogen-bond donors (Lipinski definition) is 0. The Bertz CT molecular complexity index is 398. The van der Waals surface area contributed by atoms with Gasteiger partial charge in [0.1, 0.15) is 0 Å². The van der Waals surface area contributed by atoms with Crippen LogP contribution >= 0.6 is 0 Å². The van der Waals surface area contributed by atoms with Gasteiger partial charge in [0.05, 0.1) is 0 Å². The molecule has 0 heterocycles. The fourth-order valence-electron chi connectivity index (χ4n) is 1.26. The molecule has 0 aromatic heterocycles. The molecule has 2 aromatic carbocycles. The van der Waals surface area contributed by atoms with Crippen LogP contribution in [0.2, 0.25) is 0 Å². The molecule has 2 rings (SSSR count). The van der Waals surface area contributed by atoms with E-state index in [1.165, 1.54) is 6.07 Å². The Hall–Kier alpha value is -1.01. The van der Waals surface area contributed by atoms with Crippen molar-refractivity contribution < 1.29 is 23.9 Å². The maximum atomic E-state index is 13.2. The number of rotatable bonds is 1. The monoisotopic (exact) mass is 235 g/mol. The largest absolute Gasteiger partial charge is 0.284 e. The van der Waals surface area contributed by atoms with Gasteiger partial charge in [-0.05, 0) is 5.56 Å². The van der Waals surface area contributed by atoms with Gasteiger partial charge in [0, 0.05) is 25.3 Å². The second-order valence-corrected chi connectivity index (χ2v) is 2.77. The van der Waals surface area contributed by atoms with E-state index in [2.05, 4.69) is 6.07 Å². The quantitative estimate of drug-likeness (QED) is 0.527. The van der Waals surface area contributed by atoms with Gasteiger partial charge in [-0.3, -0.25) is 4.39 Å². The minimum atomic E-state index is -0.228. The molecule has 14 heavy (non-hydrogen) atoms. The zero-order valence-electron chi connectivity index (χ0n) is 7.70. The van der Waals surface area contributed by atoms with Crippen LogP contribution in [0.4, 0.5) is 4.39 Å². The molecule has 0 atom stereocenters. The predicted octanol–water partition coefficient (Wildman–Crippen LogP) is 3.29. The summed E-state index contributed by atoms with van der Waals surface area (Å²) in [5, 5.41) is 0. The third kappa shape index (κ3) is 2.27. The summed E-state index contributed by atoms with van der Waals surface area (Å²) in [5.41, 5.74) is 1.52. The molecular formula is C12H8FZn-. The zero-order chi connectivity index (χ0) is 9.10. The van der Waals surface area contributed by atoms with Crippen LogP contribution in [0, 0.1) is 11.9 Å². The summed E-state index contributed by atoms with van der Waals surface area (Å²) < 4.78 is 13.2. The third-order valence-corrected chi connectivity index (χ3v) is 1.90. The number of halogens is 1. The zero-order valence-corrected chi connectivity index (χ0v) is 10.7. The molecule has 0 saturated carbocycles. The fraction of sp³-hybridized carbons (Fsp3) is 0. The topological polar surface area (TPSA) is 0 Å². The van der Waals surface area contributed by atoms with Crippen molar-refractivity contribution in [1.82, 2.24) is 0 Å². The average molecular weight is 237 g/mol. The van der Waals surface area contributed by atoms with Gasteiger partial charge < -0.3 is 0 Å². The van der Waals surface area contributed by atoms with Gasteiger partial charge in [-0.2, -0.15) is 18.2 Å². The predicted molar refractivity (Wildman–Crippen MR) is 50.7 cm³/mol. The molecule has 0 nitrogen and oxygen atoms in total. The van der Waals surface area contributed by atoms with E-state index in [1.807, 2.05) is 30.3 Å². The van der Waals surface area contributed by atoms with Crippen molar-refractivity contribution in [3.05, 3.63) is 60.4 Å². The van der Waals surface area contributed by atoms with E-state index < -0.39 is 0 Å². The van der Waals surface area contributed by atoms with E-state index in [0.717, 1.165) is 5.56 Å². The van der Waals surface area contributed by atoms with Crippen molar-refractivity contribution in [2.75, 3.05) is 0 Å². The summed E-state index contributed by atoms with van der Waals surface area (Å²) in [7, 11) is 0. The van der Waals surface area contributed by atoms with Gasteiger partial charge in [0.15, 0.2) is 0 Å². The van der Waals surface area contributed by atoms with E-state index in [1.54, 1.807) is 12.1 Å². The van der Waals surface area contributed by atoms with Gasteiger partial charge in [-0.1, -0.05) is 35.9 Å². The first kappa shape index (κ1) is 11.1. The molecule has 0 spiro atoms. The van der Waals surface area contributed by atoms with Crippen LogP contribution in [0.25, 0.3) is 11.1 Å². The van der Waals surface area contributed by atoms with Crippen LogP contribution in [-0.4, -0.2) is 0 Å². The maximum absolute atomic E-state index is 13.2. The van der Waals surface area contributed by atoms with Gasteiger partial charge in [0.2, 0.25) is 0 Å². The summed E-state index contributed by atoms with van der Waals surface area (Å²) >= 11 is 0. The molecular weight excluding hydrogens is 229 g/mol. The van der Waals surface area contributed by atoms with Gasteiger partial charge in [-0.25, -0.2) is 0 Å². The van der Waals surface area contributed by atoms with Crippen molar-refractivity contribution >= 4 is 0 Å². The van der Waals surface area contributed by atoms with Crippen molar-refractivity contribution in [2.45, 2.75) is 0 Å². The normalized spacial score (nSPS) is 9.21. The van der Waals surface area contributed by atoms with E-state index in [9.17, 15) is 4.39 Å². The third-order valence-electron chi connectivity index (χ3n) is 1.90. The molecule has 0 bridgehead atoms. The van der Waals surface area contributed by atoms with Crippen molar-refractivity contribution in [2.24, 2.45) is 0 Å². The molecule has 0 aliphatic carbocycles. The smallest absolute Gasteiger partial charge is 0.0163 e. The molecule has 2 heteroatoms. The van der Waals surface area contributed by atoms with Gasteiger partial charge >= 0.3 is 0 Å². The molecule has 0 radical (unpaired) electrons. The van der Waals surface area contributed by atoms with Crippen LogP contribution in [-0.2, 0) is 19.5 Å². The average Bonchev–Trinajstić information content (AvgIpc) is 2.20. The first-order chi connectivity index (χ1) is 6.38. The maximum Gasteiger partial charge on any atom is 0.0163 e. The van der Waals surface area contributed by atoms with Crippen molar-refractivity contribution in [1.29, 1.82) is 0 Å². The summed E-state index contributed by atoms with van der Waals surface area (Å²) in [5.74, 6) is -0.228. The molecule has 0 aliphatic rings. The standard InChI is InChI=1S/C12H8F.Zn/c13-12-9-5-4-8-11(12)10-6-2-1-3-7-10;/h1-4,6-9H;/q-1;. The van der Waals surface area contributed by atoms with Gasteiger partial charge in [-0.15, -0.1) is 6.07 Å². The second-order valence-electron chi connectivity index (χ2n) is 2.77. The van der Waals surface area contributed by atoms with Crippen molar-refractivity contribution in [3.63, 3.8) is 0 Å². The van der Waals surface area contributed by atoms with Crippen LogP contribution in [0.5, 0.6) is 0 Å². The summed E-state index contributed by atoms with van der Waals surface area (Å²) in [6.45, 7) is 0. The molecule has 0 saturated heterocycles. The molecule has 0 N–H and O–H groups in total. The summed E-state index contributed by atoms with van der Waals surface area (Å²) in [6.07, 6.45) is 0. The number of hydrogen-bond acceptors (Lipinski definition) is 0. The van der Waals surface area contributed by atoms with Crippen LogP contribution in [0.1, 0.15) is 0 Å². The first-order valence-corrected chi connectivity index (χ1v) is 4.09. The minimum Gasteiger partial charge on any atom is -0.284 e. The van der Waals surface area contributed by atoms with E-state index >= 15 is 0 Å². The molecule has 0 fully saturated rings. The van der Waals surface area contributed by atoms with Crippen LogP contribution in [0.3, 0.4) is 0 Å². The van der Waals surface area contributed by atoms with E-state index in [0.29, 0.717) is 5.56 Å². The summed E-state index contributed by atoms with van der Waals surface area (Å²) in [6, 6.07) is 17.0. The first-order valence-electron chi connectivity index (χ1n) is 4.09. The van der Waals surface area contributed by atoms with Crippen LogP contribution in [0.15, 0.2) is 48.5 Å². The summed E-state index contributed by atoms with van der Waals surface area (Å²) in [4.78, 5) is 0.